The normalized spacial score (nSPS) is 11.4. The van der Waals surface area contributed by atoms with Gasteiger partial charge in [-0.2, -0.15) is 13.2 Å². The highest BCUT2D eigenvalue weighted by molar-refractivity contribution is 5.82. The van der Waals surface area contributed by atoms with Crippen LogP contribution in [0.5, 0.6) is 0 Å². The molecule has 0 atom stereocenters. The Morgan fingerprint density at radius 3 is 2.25 bits per heavy atom. The van der Waals surface area contributed by atoms with E-state index in [1.807, 2.05) is 6.92 Å². The number of halogens is 3. The Kier molecular flexibility index (Phi) is 8.94. The number of nitrogens with zero attached hydrogens (tertiary/aromatic N) is 1. The molecule has 0 bridgehead atoms. The van der Waals surface area contributed by atoms with Crippen LogP contribution in [-0.4, -0.2) is 54.4 Å². The van der Waals surface area contributed by atoms with Crippen molar-refractivity contribution < 1.29 is 32.6 Å². The molecule has 20 heavy (non-hydrogen) atoms. The van der Waals surface area contributed by atoms with E-state index in [4.69, 9.17) is 9.84 Å². The monoisotopic (exact) mass is 299 g/mol. The van der Waals surface area contributed by atoms with Gasteiger partial charge in [-0.25, -0.2) is 0 Å². The van der Waals surface area contributed by atoms with Gasteiger partial charge in [-0.3, -0.25) is 9.59 Å². The fraction of sp³-hybridized carbons (Fsp3) is 0.833. The van der Waals surface area contributed by atoms with Crippen LogP contribution in [0.15, 0.2) is 0 Å². The van der Waals surface area contributed by atoms with Crippen LogP contribution >= 0.6 is 0 Å². The van der Waals surface area contributed by atoms with E-state index >= 15 is 0 Å². The average Bonchev–Trinajstić information content (AvgIpc) is 2.35. The summed E-state index contributed by atoms with van der Waals surface area (Å²) in [6.45, 7) is 2.13. The first-order valence-electron chi connectivity index (χ1n) is 6.44. The SMILES string of the molecule is CCCCOCCCN(CCC(=O)O)C(=O)C(F)(F)F. The van der Waals surface area contributed by atoms with Gasteiger partial charge in [0.05, 0.1) is 6.42 Å². The van der Waals surface area contributed by atoms with Crippen molar-refractivity contribution in [1.29, 1.82) is 0 Å². The number of rotatable bonds is 10. The van der Waals surface area contributed by atoms with E-state index in [-0.39, 0.29) is 19.6 Å². The Hall–Kier alpha value is -1.31. The summed E-state index contributed by atoms with van der Waals surface area (Å²) in [5.74, 6) is -3.25. The van der Waals surface area contributed by atoms with Crippen molar-refractivity contribution in [2.24, 2.45) is 0 Å². The molecule has 5 nitrogen and oxygen atoms in total. The molecule has 0 aromatic carbocycles. The summed E-state index contributed by atoms with van der Waals surface area (Å²) in [4.78, 5) is 22.0. The number of ether oxygens (including phenoxy) is 1. The second-order valence-electron chi connectivity index (χ2n) is 4.25. The lowest BCUT2D eigenvalue weighted by molar-refractivity contribution is -0.185. The molecule has 0 saturated heterocycles. The van der Waals surface area contributed by atoms with Gasteiger partial charge in [0.2, 0.25) is 0 Å². The molecule has 0 radical (unpaired) electrons. The zero-order chi connectivity index (χ0) is 15.6. The first-order valence-corrected chi connectivity index (χ1v) is 6.44. The van der Waals surface area contributed by atoms with E-state index in [1.54, 1.807) is 0 Å². The predicted molar refractivity (Wildman–Crippen MR) is 65.2 cm³/mol. The van der Waals surface area contributed by atoms with E-state index in [9.17, 15) is 22.8 Å². The third kappa shape index (κ3) is 8.73. The zero-order valence-electron chi connectivity index (χ0n) is 11.4. The molecule has 0 aromatic rings. The molecule has 8 heteroatoms. The molecule has 1 amide bonds. The molecule has 0 fully saturated rings. The van der Waals surface area contributed by atoms with Gasteiger partial charge < -0.3 is 14.7 Å². The molecular weight excluding hydrogens is 279 g/mol. The highest BCUT2D eigenvalue weighted by atomic mass is 19.4. The van der Waals surface area contributed by atoms with E-state index in [0.717, 1.165) is 12.8 Å². The van der Waals surface area contributed by atoms with Crippen LogP contribution in [-0.2, 0) is 14.3 Å². The minimum Gasteiger partial charge on any atom is -0.481 e. The molecule has 0 aliphatic carbocycles. The summed E-state index contributed by atoms with van der Waals surface area (Å²) in [5.41, 5.74) is 0. The van der Waals surface area contributed by atoms with Gasteiger partial charge in [0.25, 0.3) is 0 Å². The van der Waals surface area contributed by atoms with Crippen LogP contribution in [0.2, 0.25) is 0 Å². The first-order chi connectivity index (χ1) is 9.29. The standard InChI is InChI=1S/C12H20F3NO4/c1-2-3-8-20-9-4-6-16(7-5-10(17)18)11(19)12(13,14)15/h2-9H2,1H3,(H,17,18). The Morgan fingerprint density at radius 1 is 1.15 bits per heavy atom. The molecule has 0 unspecified atom stereocenters. The van der Waals surface area contributed by atoms with E-state index in [2.05, 4.69) is 0 Å². The van der Waals surface area contributed by atoms with Gasteiger partial charge in [0.15, 0.2) is 0 Å². The number of hydrogen-bond donors (Lipinski definition) is 1. The van der Waals surface area contributed by atoms with Crippen molar-refractivity contribution in [1.82, 2.24) is 4.90 Å². The lowest BCUT2D eigenvalue weighted by Crippen LogP contribution is -2.42. The van der Waals surface area contributed by atoms with Crippen molar-refractivity contribution in [2.45, 2.75) is 38.8 Å². The number of carboxylic acids is 1. The third-order valence-electron chi connectivity index (χ3n) is 2.48. The molecular formula is C12H20F3NO4. The van der Waals surface area contributed by atoms with Crippen molar-refractivity contribution in [2.75, 3.05) is 26.3 Å². The molecule has 0 aliphatic rings. The number of amides is 1. The maximum Gasteiger partial charge on any atom is 0.471 e. The number of alkyl halides is 3. The number of hydrogen-bond acceptors (Lipinski definition) is 3. The highest BCUT2D eigenvalue weighted by Gasteiger charge is 2.42. The van der Waals surface area contributed by atoms with Crippen LogP contribution in [0.3, 0.4) is 0 Å². The Bertz CT molecular complexity index is 308. The molecule has 0 aliphatic heterocycles. The molecule has 0 rings (SSSR count). The van der Waals surface area contributed by atoms with Crippen molar-refractivity contribution >= 4 is 11.9 Å². The van der Waals surface area contributed by atoms with Crippen molar-refractivity contribution in [3.63, 3.8) is 0 Å². The molecule has 0 spiro atoms. The lowest BCUT2D eigenvalue weighted by Gasteiger charge is -2.23. The summed E-state index contributed by atoms with van der Waals surface area (Å²) in [7, 11) is 0. The summed E-state index contributed by atoms with van der Waals surface area (Å²) in [6.07, 6.45) is -3.44. The van der Waals surface area contributed by atoms with Crippen molar-refractivity contribution in [3.8, 4) is 0 Å². The maximum absolute atomic E-state index is 12.3. The second kappa shape index (κ2) is 9.57. The Morgan fingerprint density at radius 2 is 1.75 bits per heavy atom. The number of aliphatic carboxylic acids is 1. The highest BCUT2D eigenvalue weighted by Crippen LogP contribution is 2.18. The smallest absolute Gasteiger partial charge is 0.471 e. The quantitative estimate of drug-likeness (QED) is 0.627. The number of carbonyl (C=O) groups is 2. The number of carboxylic acid groups (broad SMARTS) is 1. The summed E-state index contributed by atoms with van der Waals surface area (Å²) in [5, 5.41) is 8.47. The minimum atomic E-state index is -4.98. The fourth-order valence-electron chi connectivity index (χ4n) is 1.43. The lowest BCUT2D eigenvalue weighted by atomic mass is 10.3. The predicted octanol–water partition coefficient (Wildman–Crippen LogP) is 2.06. The van der Waals surface area contributed by atoms with Crippen LogP contribution in [0.25, 0.3) is 0 Å². The fourth-order valence-corrected chi connectivity index (χ4v) is 1.43. The summed E-state index contributed by atoms with van der Waals surface area (Å²) < 4.78 is 42.2. The minimum absolute atomic E-state index is 0.169. The van der Waals surface area contributed by atoms with Crippen LogP contribution < -0.4 is 0 Å². The van der Waals surface area contributed by atoms with Crippen LogP contribution in [0.1, 0.15) is 32.6 Å². The van der Waals surface area contributed by atoms with Gasteiger partial charge in [-0.15, -0.1) is 0 Å². The molecule has 1 N–H and O–H groups in total. The van der Waals surface area contributed by atoms with Gasteiger partial charge in [-0.05, 0) is 12.8 Å². The number of unbranched alkanes of at least 4 members (excludes halogenated alkanes) is 1. The van der Waals surface area contributed by atoms with Crippen molar-refractivity contribution in [3.05, 3.63) is 0 Å². The Labute approximate surface area is 115 Å². The van der Waals surface area contributed by atoms with Crippen LogP contribution in [0, 0.1) is 0 Å². The van der Waals surface area contributed by atoms with Crippen LogP contribution in [0.4, 0.5) is 13.2 Å². The Balaban J connectivity index is 4.18. The largest absolute Gasteiger partial charge is 0.481 e. The topological polar surface area (TPSA) is 66.8 Å². The van der Waals surface area contributed by atoms with E-state index in [0.29, 0.717) is 11.5 Å². The number of carbonyl (C=O) groups excluding carboxylic acids is 1. The third-order valence-corrected chi connectivity index (χ3v) is 2.48. The zero-order valence-corrected chi connectivity index (χ0v) is 11.4. The molecule has 0 saturated carbocycles. The van der Waals surface area contributed by atoms with Gasteiger partial charge in [-0.1, -0.05) is 13.3 Å². The average molecular weight is 299 g/mol. The summed E-state index contributed by atoms with van der Waals surface area (Å²) in [6, 6.07) is 0. The maximum atomic E-state index is 12.3. The molecule has 118 valence electrons. The van der Waals surface area contributed by atoms with E-state index < -0.39 is 31.0 Å². The molecule has 0 heterocycles. The van der Waals surface area contributed by atoms with Gasteiger partial charge >= 0.3 is 18.1 Å². The van der Waals surface area contributed by atoms with Gasteiger partial charge in [0.1, 0.15) is 0 Å². The van der Waals surface area contributed by atoms with E-state index in [1.165, 1.54) is 0 Å². The molecule has 0 aromatic heterocycles. The van der Waals surface area contributed by atoms with Gasteiger partial charge in [0, 0.05) is 26.3 Å². The summed E-state index contributed by atoms with van der Waals surface area (Å²) >= 11 is 0. The second-order valence-corrected chi connectivity index (χ2v) is 4.25. The first kappa shape index (κ1) is 18.7.